The van der Waals surface area contributed by atoms with Gasteiger partial charge in [0.2, 0.25) is 23.6 Å². The zero-order chi connectivity index (χ0) is 23.5. The highest BCUT2D eigenvalue weighted by molar-refractivity contribution is 7.91. The molecule has 1 N–H and O–H groups in total. The summed E-state index contributed by atoms with van der Waals surface area (Å²) in [6.45, 7) is 3.10. The molecule has 0 saturated carbocycles. The molecule has 13 nitrogen and oxygen atoms in total. The molecular weight excluding hydrogens is 442 g/mol. The Bertz CT molecular complexity index is 1070. The monoisotopic (exact) mass is 467 g/mol. The predicted octanol–water partition coefficient (Wildman–Crippen LogP) is 0.230. The number of carbonyl (C=O) groups is 1. The van der Waals surface area contributed by atoms with Gasteiger partial charge in [-0.2, -0.15) is 9.97 Å². The average Bonchev–Trinajstić information content (AvgIpc) is 2.78. The van der Waals surface area contributed by atoms with Crippen molar-refractivity contribution in [1.82, 2.24) is 19.9 Å². The molecule has 1 aliphatic rings. The van der Waals surface area contributed by atoms with E-state index in [-0.39, 0.29) is 40.5 Å². The number of sulfone groups is 1. The molecule has 1 aliphatic heterocycles. The van der Waals surface area contributed by atoms with Crippen molar-refractivity contribution in [2.24, 2.45) is 0 Å². The zero-order valence-corrected chi connectivity index (χ0v) is 19.0. The number of quaternary nitrogens is 1. The second-order valence-corrected chi connectivity index (χ2v) is 9.01. The Morgan fingerprint density at radius 2 is 1.78 bits per heavy atom. The molecule has 14 heteroatoms. The Kier molecular flexibility index (Phi) is 6.76. The third-order valence-corrected chi connectivity index (χ3v) is 6.44. The third-order valence-electron chi connectivity index (χ3n) is 4.88. The quantitative estimate of drug-likeness (QED) is 0.337. The molecule has 2 aromatic heterocycles. The zero-order valence-electron chi connectivity index (χ0n) is 18.2. The van der Waals surface area contributed by atoms with Crippen LogP contribution in [0.3, 0.4) is 0 Å². The van der Waals surface area contributed by atoms with E-state index in [9.17, 15) is 18.4 Å². The van der Waals surface area contributed by atoms with Crippen LogP contribution in [0.15, 0.2) is 22.3 Å². The first-order valence-electron chi connectivity index (χ1n) is 9.79. The van der Waals surface area contributed by atoms with Gasteiger partial charge in [0.25, 0.3) is 15.0 Å². The van der Waals surface area contributed by atoms with Gasteiger partial charge in [0.15, 0.2) is 4.90 Å². The highest BCUT2D eigenvalue weighted by Crippen LogP contribution is 2.35. The van der Waals surface area contributed by atoms with Gasteiger partial charge in [-0.1, -0.05) is 6.92 Å². The van der Waals surface area contributed by atoms with Crippen LogP contribution in [-0.2, 0) is 14.6 Å². The van der Waals surface area contributed by atoms with Gasteiger partial charge in [-0.3, -0.25) is 4.79 Å². The number of carbonyl (C=O) groups excluding carboxylic acids is 1. The standard InChI is InChI=1S/C18H25N7O6S/c1-5-13(26)20-12-6-7-19-18(21-12)32(28,29)14-15(30-3)22-17(23-16(14)31-4)24-8-10-25(2,27)11-9-24/h6-7H,5,8-11H2,1-4H3,(H,19,20,21,26). The van der Waals surface area contributed by atoms with Crippen LogP contribution in [0.1, 0.15) is 13.3 Å². The van der Waals surface area contributed by atoms with E-state index >= 15 is 0 Å². The van der Waals surface area contributed by atoms with Crippen molar-refractivity contribution in [1.29, 1.82) is 0 Å². The van der Waals surface area contributed by atoms with Crippen molar-refractivity contribution in [2.45, 2.75) is 23.4 Å². The fourth-order valence-electron chi connectivity index (χ4n) is 3.00. The van der Waals surface area contributed by atoms with Gasteiger partial charge in [0, 0.05) is 12.6 Å². The molecule has 0 spiro atoms. The van der Waals surface area contributed by atoms with Crippen LogP contribution in [0.25, 0.3) is 0 Å². The van der Waals surface area contributed by atoms with E-state index in [0.717, 1.165) is 0 Å². The smallest absolute Gasteiger partial charge is 0.254 e. The minimum Gasteiger partial charge on any atom is -0.633 e. The average molecular weight is 468 g/mol. The summed E-state index contributed by atoms with van der Waals surface area (Å²) in [5, 5.41) is 14.0. The molecular formula is C18H25N7O6S. The number of nitrogens with zero attached hydrogens (tertiary/aromatic N) is 6. The maximum Gasteiger partial charge on any atom is 0.254 e. The Hall–Kier alpha value is -3.10. The van der Waals surface area contributed by atoms with Crippen molar-refractivity contribution in [3.05, 3.63) is 17.5 Å². The molecule has 32 heavy (non-hydrogen) atoms. The molecule has 1 amide bonds. The first kappa shape index (κ1) is 23.6. The second kappa shape index (κ2) is 9.18. The van der Waals surface area contributed by atoms with Crippen molar-refractivity contribution in [2.75, 3.05) is 57.7 Å². The fraction of sp³-hybridized carbons (Fsp3) is 0.500. The van der Waals surface area contributed by atoms with Crippen LogP contribution in [0, 0.1) is 5.21 Å². The SMILES string of the molecule is CCC(=O)Nc1ccnc(S(=O)(=O)c2c(OC)nc(N3CC[N+](C)([O-])CC3)nc2OC)n1. The molecule has 0 aliphatic carbocycles. The topological polar surface area (TPSA) is 160 Å². The van der Waals surface area contributed by atoms with E-state index in [4.69, 9.17) is 9.47 Å². The molecule has 0 atom stereocenters. The van der Waals surface area contributed by atoms with Crippen LogP contribution >= 0.6 is 0 Å². The van der Waals surface area contributed by atoms with Gasteiger partial charge >= 0.3 is 0 Å². The molecule has 0 bridgehead atoms. The highest BCUT2D eigenvalue weighted by atomic mass is 32.2. The normalized spacial score (nSPS) is 15.8. The Morgan fingerprint density at radius 1 is 1.19 bits per heavy atom. The van der Waals surface area contributed by atoms with Gasteiger partial charge in [0.05, 0.1) is 47.4 Å². The fourth-order valence-corrected chi connectivity index (χ4v) is 4.32. The summed E-state index contributed by atoms with van der Waals surface area (Å²) in [7, 11) is -0.248. The van der Waals surface area contributed by atoms with E-state index in [1.165, 1.54) is 26.5 Å². The van der Waals surface area contributed by atoms with Gasteiger partial charge in [-0.05, 0) is 6.07 Å². The van der Waals surface area contributed by atoms with E-state index in [1.54, 1.807) is 18.9 Å². The first-order chi connectivity index (χ1) is 15.1. The number of amides is 1. The number of methoxy groups -OCH3 is 2. The van der Waals surface area contributed by atoms with Crippen molar-refractivity contribution >= 4 is 27.5 Å². The number of ether oxygens (including phenoxy) is 2. The summed E-state index contributed by atoms with van der Waals surface area (Å²) in [5.41, 5.74) is 0. The number of hydroxylamine groups is 3. The lowest BCUT2D eigenvalue weighted by molar-refractivity contribution is -0.861. The summed E-state index contributed by atoms with van der Waals surface area (Å²) in [5.74, 6) is -0.605. The number of piperazine rings is 1. The van der Waals surface area contributed by atoms with E-state index in [2.05, 4.69) is 25.3 Å². The second-order valence-electron chi connectivity index (χ2n) is 7.23. The van der Waals surface area contributed by atoms with E-state index in [0.29, 0.717) is 26.2 Å². The number of aromatic nitrogens is 4. The van der Waals surface area contributed by atoms with Gasteiger partial charge in [0.1, 0.15) is 5.82 Å². The molecule has 1 fully saturated rings. The van der Waals surface area contributed by atoms with Crippen LogP contribution in [-0.4, -0.2) is 86.4 Å². The maximum absolute atomic E-state index is 13.3. The largest absolute Gasteiger partial charge is 0.633 e. The lowest BCUT2D eigenvalue weighted by Gasteiger charge is -2.45. The number of anilines is 2. The number of hydrogen-bond acceptors (Lipinski definition) is 11. The predicted molar refractivity (Wildman–Crippen MR) is 113 cm³/mol. The first-order valence-corrected chi connectivity index (χ1v) is 11.3. The van der Waals surface area contributed by atoms with Crippen molar-refractivity contribution in [3.8, 4) is 11.8 Å². The summed E-state index contributed by atoms with van der Waals surface area (Å²) in [4.78, 5) is 29.2. The molecule has 2 aromatic rings. The van der Waals surface area contributed by atoms with Gasteiger partial charge < -0.3 is 29.5 Å². The van der Waals surface area contributed by atoms with Crippen LogP contribution < -0.4 is 19.7 Å². The molecule has 174 valence electrons. The minimum atomic E-state index is -4.38. The van der Waals surface area contributed by atoms with E-state index in [1.807, 2.05) is 0 Å². The van der Waals surface area contributed by atoms with E-state index < -0.39 is 19.9 Å². The van der Waals surface area contributed by atoms with Crippen molar-refractivity contribution in [3.63, 3.8) is 0 Å². The van der Waals surface area contributed by atoms with Gasteiger partial charge in [-0.25, -0.2) is 18.4 Å². The van der Waals surface area contributed by atoms with Crippen LogP contribution in [0.4, 0.5) is 11.8 Å². The summed E-state index contributed by atoms with van der Waals surface area (Å²) >= 11 is 0. The molecule has 0 unspecified atom stereocenters. The number of hydrogen-bond donors (Lipinski definition) is 1. The Labute approximate surface area is 185 Å². The van der Waals surface area contributed by atoms with Crippen molar-refractivity contribution < 1.29 is 27.3 Å². The molecule has 3 rings (SSSR count). The summed E-state index contributed by atoms with van der Waals surface area (Å²) in [6.07, 6.45) is 1.41. The lowest BCUT2D eigenvalue weighted by atomic mass is 10.3. The summed E-state index contributed by atoms with van der Waals surface area (Å²) < 4.78 is 36.8. The van der Waals surface area contributed by atoms with Crippen LogP contribution in [0.5, 0.6) is 11.8 Å². The summed E-state index contributed by atoms with van der Waals surface area (Å²) in [6, 6.07) is 1.37. The Morgan fingerprint density at radius 3 is 2.31 bits per heavy atom. The van der Waals surface area contributed by atoms with Crippen LogP contribution in [0.2, 0.25) is 0 Å². The molecule has 0 aromatic carbocycles. The molecule has 1 saturated heterocycles. The highest BCUT2D eigenvalue weighted by Gasteiger charge is 2.34. The number of rotatable bonds is 7. The number of likely N-dealkylation sites (N-methyl/N-ethyl adjacent to an activating group) is 1. The Balaban J connectivity index is 2.03. The molecule has 0 radical (unpaired) electrons. The minimum absolute atomic E-state index is 0.0352. The lowest BCUT2D eigenvalue weighted by Crippen LogP contribution is -2.54. The van der Waals surface area contributed by atoms with Gasteiger partial charge in [-0.15, -0.1) is 0 Å². The maximum atomic E-state index is 13.3. The number of nitrogens with one attached hydrogen (secondary N) is 1. The molecule has 3 heterocycles. The third kappa shape index (κ3) is 4.87.